The highest BCUT2D eigenvalue weighted by Gasteiger charge is 2.38. The van der Waals surface area contributed by atoms with E-state index >= 15 is 0 Å². The van der Waals surface area contributed by atoms with E-state index in [1.807, 2.05) is 0 Å². The Morgan fingerprint density at radius 2 is 2.14 bits per heavy atom. The van der Waals surface area contributed by atoms with Crippen LogP contribution in [0.3, 0.4) is 0 Å². The molecule has 1 aromatic rings. The Hall–Kier alpha value is -1.34. The first-order valence-electron chi connectivity index (χ1n) is 7.03. The molecule has 1 N–H and O–H groups in total. The number of aliphatic carboxylic acids is 1. The molecule has 1 heterocycles. The smallest absolute Gasteiger partial charge is 0.416 e. The number of hydrogen-bond donors (Lipinski definition) is 1. The molecule has 122 valence electrons. The quantitative estimate of drug-likeness (QED) is 0.900. The Kier molecular flexibility index (Phi) is 4.97. The van der Waals surface area contributed by atoms with Gasteiger partial charge in [0, 0.05) is 11.4 Å². The van der Waals surface area contributed by atoms with Gasteiger partial charge < -0.3 is 9.84 Å². The molecule has 0 aliphatic heterocycles. The van der Waals surface area contributed by atoms with Crippen LogP contribution in [-0.2, 0) is 9.53 Å². The predicted molar refractivity (Wildman–Crippen MR) is 84.6 cm³/mol. The second-order valence-corrected chi connectivity index (χ2v) is 7.53. The molecule has 1 aliphatic rings. The van der Waals surface area contributed by atoms with Crippen molar-refractivity contribution in [2.45, 2.75) is 51.7 Å². The number of amides is 1. The summed E-state index contributed by atoms with van der Waals surface area (Å²) in [4.78, 5) is 29.2. The van der Waals surface area contributed by atoms with Gasteiger partial charge in [-0.1, -0.05) is 11.6 Å². The summed E-state index contributed by atoms with van der Waals surface area (Å²) < 4.78 is 5.43. The summed E-state index contributed by atoms with van der Waals surface area (Å²) in [5.41, 5.74) is -0.638. The van der Waals surface area contributed by atoms with Gasteiger partial charge in [-0.15, -0.1) is 11.3 Å². The van der Waals surface area contributed by atoms with Crippen molar-refractivity contribution in [3.8, 4) is 0 Å². The fourth-order valence-corrected chi connectivity index (χ4v) is 3.47. The number of anilines is 1. The SMILES string of the molecule is CC(C)(C)OC(=O)N(c1nc(Cl)cs1)[C@@H]1CC[C@H](C(=O)O)C1. The molecule has 1 saturated carbocycles. The zero-order valence-corrected chi connectivity index (χ0v) is 14.3. The summed E-state index contributed by atoms with van der Waals surface area (Å²) in [7, 11) is 0. The Balaban J connectivity index is 2.23. The Morgan fingerprint density at radius 3 is 2.59 bits per heavy atom. The fourth-order valence-electron chi connectivity index (χ4n) is 2.47. The van der Waals surface area contributed by atoms with E-state index in [-0.39, 0.29) is 6.04 Å². The molecule has 6 nitrogen and oxygen atoms in total. The molecule has 0 bridgehead atoms. The van der Waals surface area contributed by atoms with Crippen LogP contribution in [0.25, 0.3) is 0 Å². The second-order valence-electron chi connectivity index (χ2n) is 6.31. The number of hydrogen-bond acceptors (Lipinski definition) is 5. The minimum atomic E-state index is -0.830. The maximum atomic E-state index is 12.5. The molecule has 0 spiro atoms. The highest BCUT2D eigenvalue weighted by atomic mass is 35.5. The molecule has 0 radical (unpaired) electrons. The van der Waals surface area contributed by atoms with Crippen molar-refractivity contribution in [2.75, 3.05) is 4.90 Å². The van der Waals surface area contributed by atoms with E-state index in [1.54, 1.807) is 26.2 Å². The maximum absolute atomic E-state index is 12.5. The van der Waals surface area contributed by atoms with E-state index < -0.39 is 23.6 Å². The second kappa shape index (κ2) is 6.42. The van der Waals surface area contributed by atoms with Gasteiger partial charge in [-0.05, 0) is 40.0 Å². The average molecular weight is 347 g/mol. The monoisotopic (exact) mass is 346 g/mol. The van der Waals surface area contributed by atoms with Crippen LogP contribution in [0.4, 0.5) is 9.93 Å². The lowest BCUT2D eigenvalue weighted by Crippen LogP contribution is -2.42. The van der Waals surface area contributed by atoms with E-state index in [9.17, 15) is 9.59 Å². The molecule has 22 heavy (non-hydrogen) atoms. The number of carbonyl (C=O) groups is 2. The third-order valence-electron chi connectivity index (χ3n) is 3.38. The minimum Gasteiger partial charge on any atom is -0.481 e. The van der Waals surface area contributed by atoms with Crippen molar-refractivity contribution in [1.29, 1.82) is 0 Å². The first-order valence-corrected chi connectivity index (χ1v) is 8.29. The summed E-state index contributed by atoms with van der Waals surface area (Å²) in [5.74, 6) is -1.27. The minimum absolute atomic E-state index is 0.238. The summed E-state index contributed by atoms with van der Waals surface area (Å²) in [6.45, 7) is 5.35. The largest absolute Gasteiger partial charge is 0.481 e. The van der Waals surface area contributed by atoms with Crippen LogP contribution in [0.15, 0.2) is 5.38 Å². The molecule has 1 aliphatic carbocycles. The maximum Gasteiger partial charge on any atom is 0.416 e. The van der Waals surface area contributed by atoms with Gasteiger partial charge in [0.2, 0.25) is 0 Å². The van der Waals surface area contributed by atoms with E-state index in [0.29, 0.717) is 29.5 Å². The van der Waals surface area contributed by atoms with Crippen molar-refractivity contribution >= 4 is 40.1 Å². The van der Waals surface area contributed by atoms with Crippen molar-refractivity contribution in [3.63, 3.8) is 0 Å². The van der Waals surface area contributed by atoms with E-state index in [1.165, 1.54) is 16.2 Å². The van der Waals surface area contributed by atoms with E-state index in [0.717, 1.165) is 0 Å². The molecule has 0 unspecified atom stereocenters. The number of ether oxygens (including phenoxy) is 1. The topological polar surface area (TPSA) is 79.7 Å². The number of carbonyl (C=O) groups excluding carboxylic acids is 1. The number of halogens is 1. The molecule has 2 atom stereocenters. The first kappa shape index (κ1) is 17.0. The first-order chi connectivity index (χ1) is 10.2. The lowest BCUT2D eigenvalue weighted by Gasteiger charge is -2.29. The molecule has 1 aromatic heterocycles. The summed E-state index contributed by atoms with van der Waals surface area (Å²) in [6, 6.07) is -0.238. The van der Waals surface area contributed by atoms with Gasteiger partial charge in [-0.25, -0.2) is 14.7 Å². The molecule has 8 heteroatoms. The Bertz CT molecular complexity index is 569. The normalized spacial score (nSPS) is 21.6. The van der Waals surface area contributed by atoms with Gasteiger partial charge in [0.05, 0.1) is 5.92 Å². The average Bonchev–Trinajstić information content (AvgIpc) is 2.97. The van der Waals surface area contributed by atoms with Gasteiger partial charge in [0.25, 0.3) is 0 Å². The van der Waals surface area contributed by atoms with Crippen LogP contribution in [-0.4, -0.2) is 33.8 Å². The van der Waals surface area contributed by atoms with Crippen LogP contribution in [0.2, 0.25) is 5.15 Å². The zero-order valence-electron chi connectivity index (χ0n) is 12.7. The lowest BCUT2D eigenvalue weighted by atomic mass is 10.1. The molecule has 1 fully saturated rings. The number of nitrogens with zero attached hydrogens (tertiary/aromatic N) is 2. The highest BCUT2D eigenvalue weighted by molar-refractivity contribution is 7.14. The summed E-state index contributed by atoms with van der Waals surface area (Å²) in [6.07, 6.45) is 1.02. The van der Waals surface area contributed by atoms with Crippen LogP contribution in [0, 0.1) is 5.92 Å². The van der Waals surface area contributed by atoms with Gasteiger partial charge >= 0.3 is 12.1 Å². The molecule has 0 saturated heterocycles. The third-order valence-corrected chi connectivity index (χ3v) is 4.54. The van der Waals surface area contributed by atoms with Crippen LogP contribution < -0.4 is 4.90 Å². The molecular weight excluding hydrogens is 328 g/mol. The standard InChI is InChI=1S/C14H19ClN2O4S/c1-14(2,3)21-13(20)17(12-16-10(15)7-22-12)9-5-4-8(6-9)11(18)19/h7-9H,4-6H2,1-3H3,(H,18,19)/t8-,9+/m0/s1. The predicted octanol–water partition coefficient (Wildman–Crippen LogP) is 3.79. The molecule has 2 rings (SSSR count). The molecule has 1 amide bonds. The van der Waals surface area contributed by atoms with E-state index in [2.05, 4.69) is 4.98 Å². The van der Waals surface area contributed by atoms with Crippen molar-refractivity contribution in [3.05, 3.63) is 10.5 Å². The van der Waals surface area contributed by atoms with Gasteiger partial charge in [0.15, 0.2) is 5.13 Å². The van der Waals surface area contributed by atoms with Crippen molar-refractivity contribution in [2.24, 2.45) is 5.92 Å². The summed E-state index contributed by atoms with van der Waals surface area (Å²) in [5, 5.41) is 11.5. The number of aromatic nitrogens is 1. The highest BCUT2D eigenvalue weighted by Crippen LogP contribution is 2.35. The number of rotatable bonds is 3. The number of carboxylic acids is 1. The lowest BCUT2D eigenvalue weighted by molar-refractivity contribution is -0.141. The van der Waals surface area contributed by atoms with Crippen LogP contribution in [0.5, 0.6) is 0 Å². The van der Waals surface area contributed by atoms with Gasteiger partial charge in [-0.2, -0.15) is 0 Å². The van der Waals surface area contributed by atoms with Crippen molar-refractivity contribution in [1.82, 2.24) is 4.98 Å². The zero-order chi connectivity index (χ0) is 16.5. The summed E-state index contributed by atoms with van der Waals surface area (Å²) >= 11 is 7.10. The fraction of sp³-hybridized carbons (Fsp3) is 0.643. The van der Waals surface area contributed by atoms with Crippen LogP contribution >= 0.6 is 22.9 Å². The number of carboxylic acid groups (broad SMARTS) is 1. The Morgan fingerprint density at radius 1 is 1.45 bits per heavy atom. The van der Waals surface area contributed by atoms with Gasteiger partial charge in [0.1, 0.15) is 10.8 Å². The third kappa shape index (κ3) is 4.10. The number of thiazole rings is 1. The molecule has 0 aromatic carbocycles. The van der Waals surface area contributed by atoms with Crippen LogP contribution in [0.1, 0.15) is 40.0 Å². The van der Waals surface area contributed by atoms with Crippen molar-refractivity contribution < 1.29 is 19.4 Å². The molecular formula is C14H19ClN2O4S. The Labute approximate surface area is 138 Å². The van der Waals surface area contributed by atoms with Gasteiger partial charge in [-0.3, -0.25) is 4.79 Å². The van der Waals surface area contributed by atoms with E-state index in [4.69, 9.17) is 21.4 Å².